The summed E-state index contributed by atoms with van der Waals surface area (Å²) in [4.78, 5) is 28.0. The van der Waals surface area contributed by atoms with Gasteiger partial charge in [0, 0.05) is 18.4 Å². The van der Waals surface area contributed by atoms with E-state index in [2.05, 4.69) is 17.4 Å². The Labute approximate surface area is 151 Å². The number of thioether (sulfide) groups is 1. The van der Waals surface area contributed by atoms with Crippen molar-refractivity contribution in [2.45, 2.75) is 35.4 Å². The molecule has 2 atom stereocenters. The van der Waals surface area contributed by atoms with Gasteiger partial charge in [0.15, 0.2) is 0 Å². The van der Waals surface area contributed by atoms with Gasteiger partial charge < -0.3 is 10.2 Å². The molecule has 128 valence electrons. The van der Waals surface area contributed by atoms with E-state index in [4.69, 9.17) is 0 Å². The maximum absolute atomic E-state index is 12.8. The quantitative estimate of drug-likeness (QED) is 0.918. The van der Waals surface area contributed by atoms with E-state index in [-0.39, 0.29) is 29.5 Å². The van der Waals surface area contributed by atoms with Crippen molar-refractivity contribution >= 4 is 29.3 Å². The van der Waals surface area contributed by atoms with Crippen LogP contribution in [0, 0.1) is 0 Å². The van der Waals surface area contributed by atoms with Crippen molar-refractivity contribution in [1.29, 1.82) is 0 Å². The van der Waals surface area contributed by atoms with Gasteiger partial charge in [-0.25, -0.2) is 0 Å². The summed E-state index contributed by atoms with van der Waals surface area (Å²) in [6.45, 7) is 0. The Morgan fingerprint density at radius 2 is 1.96 bits per heavy atom. The second kappa shape index (κ2) is 6.56. The predicted octanol–water partition coefficient (Wildman–Crippen LogP) is 3.64. The lowest BCUT2D eigenvalue weighted by molar-refractivity contribution is -0.133. The molecule has 2 aromatic carbocycles. The molecule has 25 heavy (non-hydrogen) atoms. The third kappa shape index (κ3) is 3.04. The van der Waals surface area contributed by atoms with Crippen LogP contribution in [0.1, 0.15) is 30.0 Å². The molecule has 1 aliphatic heterocycles. The van der Waals surface area contributed by atoms with Gasteiger partial charge in [-0.15, -0.1) is 11.8 Å². The summed E-state index contributed by atoms with van der Waals surface area (Å²) >= 11 is 1.48. The number of hydrogen-bond acceptors (Lipinski definition) is 3. The predicted molar refractivity (Wildman–Crippen MR) is 99.6 cm³/mol. The lowest BCUT2D eigenvalue weighted by Gasteiger charge is -2.29. The third-order valence-corrected chi connectivity index (χ3v) is 6.30. The van der Waals surface area contributed by atoms with Gasteiger partial charge in [-0.05, 0) is 36.1 Å². The molecular weight excluding hydrogens is 332 g/mol. The van der Waals surface area contributed by atoms with Gasteiger partial charge in [-0.3, -0.25) is 9.59 Å². The number of nitrogens with one attached hydrogen (secondary N) is 1. The zero-order valence-corrected chi connectivity index (χ0v) is 14.9. The lowest BCUT2D eigenvalue weighted by Crippen LogP contribution is -2.37. The summed E-state index contributed by atoms with van der Waals surface area (Å²) in [5.41, 5.74) is 3.40. The Bertz CT molecular complexity index is 836. The molecule has 2 unspecified atom stereocenters. The van der Waals surface area contributed by atoms with Crippen molar-refractivity contribution in [3.8, 4) is 0 Å². The van der Waals surface area contributed by atoms with Crippen LogP contribution in [0.25, 0.3) is 0 Å². The molecule has 0 spiro atoms. The molecule has 0 bridgehead atoms. The molecule has 0 saturated carbocycles. The molecule has 4 rings (SSSR count). The molecule has 0 fully saturated rings. The number of fused-ring (bicyclic) bond motifs is 2. The van der Waals surface area contributed by atoms with Crippen LogP contribution < -0.4 is 5.32 Å². The van der Waals surface area contributed by atoms with Gasteiger partial charge >= 0.3 is 0 Å². The van der Waals surface area contributed by atoms with Crippen molar-refractivity contribution in [1.82, 2.24) is 4.90 Å². The zero-order valence-electron chi connectivity index (χ0n) is 14.1. The molecule has 1 heterocycles. The second-order valence-corrected chi connectivity index (χ2v) is 7.80. The van der Waals surface area contributed by atoms with Crippen LogP contribution in [0.4, 0.5) is 5.69 Å². The number of benzene rings is 2. The largest absolute Gasteiger partial charge is 0.339 e. The van der Waals surface area contributed by atoms with Gasteiger partial charge in [0.25, 0.3) is 0 Å². The first-order valence-electron chi connectivity index (χ1n) is 8.53. The summed E-state index contributed by atoms with van der Waals surface area (Å²) in [6, 6.07) is 16.1. The van der Waals surface area contributed by atoms with Crippen LogP contribution in [0.5, 0.6) is 0 Å². The molecule has 2 aromatic rings. The van der Waals surface area contributed by atoms with E-state index < -0.39 is 0 Å². The van der Waals surface area contributed by atoms with Crippen molar-refractivity contribution in [3.05, 3.63) is 59.7 Å². The number of carbonyl (C=O) groups excluding carboxylic acids is 2. The van der Waals surface area contributed by atoms with Crippen LogP contribution in [0.2, 0.25) is 0 Å². The van der Waals surface area contributed by atoms with E-state index in [1.807, 2.05) is 48.3 Å². The first-order chi connectivity index (χ1) is 12.1. The number of anilines is 1. The molecule has 1 N–H and O–H groups in total. The van der Waals surface area contributed by atoms with E-state index >= 15 is 0 Å². The normalized spacial score (nSPS) is 21.2. The minimum absolute atomic E-state index is 0.0220. The Hall–Kier alpha value is -2.27. The summed E-state index contributed by atoms with van der Waals surface area (Å²) in [6.07, 6.45) is 2.18. The van der Waals surface area contributed by atoms with Gasteiger partial charge in [0.1, 0.15) is 0 Å². The third-order valence-electron chi connectivity index (χ3n) is 5.03. The van der Waals surface area contributed by atoms with Crippen molar-refractivity contribution in [2.24, 2.45) is 0 Å². The Kier molecular flexibility index (Phi) is 4.25. The Balaban J connectivity index is 1.47. The smallest absolute Gasteiger partial charge is 0.238 e. The highest BCUT2D eigenvalue weighted by molar-refractivity contribution is 8.01. The first kappa shape index (κ1) is 16.2. The SMILES string of the molecule is CN(C(=O)CC1Sc2ccccc2NC1=O)C1CCc2ccccc21. The fourth-order valence-corrected chi connectivity index (χ4v) is 4.74. The summed E-state index contributed by atoms with van der Waals surface area (Å²) < 4.78 is 0. The van der Waals surface area contributed by atoms with Crippen molar-refractivity contribution in [2.75, 3.05) is 12.4 Å². The molecule has 4 nitrogen and oxygen atoms in total. The van der Waals surface area contributed by atoms with E-state index in [1.54, 1.807) is 0 Å². The molecule has 0 saturated heterocycles. The number of amides is 2. The topological polar surface area (TPSA) is 49.4 Å². The summed E-state index contributed by atoms with van der Waals surface area (Å²) in [5, 5.41) is 2.54. The number of carbonyl (C=O) groups is 2. The second-order valence-electron chi connectivity index (χ2n) is 6.55. The number of rotatable bonds is 3. The zero-order chi connectivity index (χ0) is 17.4. The van der Waals surface area contributed by atoms with Crippen LogP contribution >= 0.6 is 11.8 Å². The summed E-state index contributed by atoms with van der Waals surface area (Å²) in [7, 11) is 1.86. The molecule has 5 heteroatoms. The molecule has 0 aromatic heterocycles. The highest BCUT2D eigenvalue weighted by atomic mass is 32.2. The first-order valence-corrected chi connectivity index (χ1v) is 9.41. The maximum Gasteiger partial charge on any atom is 0.238 e. The van der Waals surface area contributed by atoms with E-state index in [0.29, 0.717) is 0 Å². The number of para-hydroxylation sites is 1. The van der Waals surface area contributed by atoms with Gasteiger partial charge in [-0.1, -0.05) is 36.4 Å². The van der Waals surface area contributed by atoms with Crippen LogP contribution in [0.3, 0.4) is 0 Å². The van der Waals surface area contributed by atoms with Gasteiger partial charge in [-0.2, -0.15) is 0 Å². The average Bonchev–Trinajstić information content (AvgIpc) is 3.05. The molecule has 1 aliphatic carbocycles. The van der Waals surface area contributed by atoms with Gasteiger partial charge in [0.2, 0.25) is 11.8 Å². The fourth-order valence-electron chi connectivity index (χ4n) is 3.64. The fraction of sp³-hybridized carbons (Fsp3) is 0.300. The molecular formula is C20H20N2O2S. The molecule has 0 radical (unpaired) electrons. The number of aryl methyl sites for hydroxylation is 1. The Morgan fingerprint density at radius 3 is 2.84 bits per heavy atom. The minimum Gasteiger partial charge on any atom is -0.339 e. The minimum atomic E-state index is -0.374. The Morgan fingerprint density at radius 1 is 1.20 bits per heavy atom. The van der Waals surface area contributed by atoms with E-state index in [1.165, 1.54) is 22.9 Å². The van der Waals surface area contributed by atoms with Crippen molar-refractivity contribution in [3.63, 3.8) is 0 Å². The molecule has 2 amide bonds. The van der Waals surface area contributed by atoms with Crippen molar-refractivity contribution < 1.29 is 9.59 Å². The number of nitrogens with zero attached hydrogens (tertiary/aromatic N) is 1. The lowest BCUT2D eigenvalue weighted by atomic mass is 10.1. The van der Waals surface area contributed by atoms with Crippen LogP contribution in [-0.2, 0) is 16.0 Å². The summed E-state index contributed by atoms with van der Waals surface area (Å²) in [5.74, 6) is -0.0639. The standard InChI is InChI=1S/C20H20N2O2S/c1-22(16-11-10-13-6-2-3-7-14(13)16)19(23)12-18-20(24)21-15-8-4-5-9-17(15)25-18/h2-9,16,18H,10-12H2,1H3,(H,21,24). The number of hydrogen-bond donors (Lipinski definition) is 1. The maximum atomic E-state index is 12.8. The monoisotopic (exact) mass is 352 g/mol. The van der Waals surface area contributed by atoms with Gasteiger partial charge in [0.05, 0.1) is 17.0 Å². The van der Waals surface area contributed by atoms with E-state index in [0.717, 1.165) is 23.4 Å². The van der Waals surface area contributed by atoms with Crippen LogP contribution in [-0.4, -0.2) is 29.0 Å². The van der Waals surface area contributed by atoms with Crippen LogP contribution in [0.15, 0.2) is 53.4 Å². The highest BCUT2D eigenvalue weighted by Gasteiger charge is 2.33. The molecule has 2 aliphatic rings. The van der Waals surface area contributed by atoms with E-state index in [9.17, 15) is 9.59 Å². The highest BCUT2D eigenvalue weighted by Crippen LogP contribution is 2.38. The average molecular weight is 352 g/mol.